The van der Waals surface area contributed by atoms with Gasteiger partial charge in [-0.05, 0) is 35.9 Å². The second-order valence-electron chi connectivity index (χ2n) is 4.82. The van der Waals surface area contributed by atoms with Gasteiger partial charge in [0.1, 0.15) is 0 Å². The van der Waals surface area contributed by atoms with Gasteiger partial charge in [-0.1, -0.05) is 24.3 Å². The molecule has 1 heterocycles. The molecule has 0 saturated heterocycles. The summed E-state index contributed by atoms with van der Waals surface area (Å²) in [5.74, 6) is 1.04. The topological polar surface area (TPSA) is 57.1 Å². The van der Waals surface area contributed by atoms with Crippen LogP contribution in [-0.4, -0.2) is 26.1 Å². The monoisotopic (exact) mass is 309 g/mol. The summed E-state index contributed by atoms with van der Waals surface area (Å²) < 4.78 is 15.7. The third-order valence-corrected chi connectivity index (χ3v) is 3.35. The molecule has 5 heteroatoms. The number of methoxy groups -OCH3 is 2. The highest BCUT2D eigenvalue weighted by atomic mass is 16.6. The smallest absolute Gasteiger partial charge is 0.363 e. The van der Waals surface area contributed by atoms with Gasteiger partial charge >= 0.3 is 5.97 Å². The standard InChI is InChI=1S/C18H15NO4/c1-21-15-9-8-12(11-16(15)22-2)10-14-18(20)23-17(19-14)13-6-4-3-5-7-13/h3-11H,1-2H3/b14-10+. The van der Waals surface area contributed by atoms with E-state index in [0.29, 0.717) is 17.4 Å². The molecule has 3 rings (SSSR count). The minimum Gasteiger partial charge on any atom is -0.493 e. The van der Waals surface area contributed by atoms with Crippen LogP contribution >= 0.6 is 0 Å². The van der Waals surface area contributed by atoms with Gasteiger partial charge in [0.05, 0.1) is 14.2 Å². The summed E-state index contributed by atoms with van der Waals surface area (Å²) in [5, 5.41) is 0. The van der Waals surface area contributed by atoms with Crippen LogP contribution in [0.5, 0.6) is 11.5 Å². The predicted molar refractivity (Wildman–Crippen MR) is 86.6 cm³/mol. The van der Waals surface area contributed by atoms with Gasteiger partial charge < -0.3 is 14.2 Å². The molecule has 1 aliphatic heterocycles. The molecule has 0 atom stereocenters. The lowest BCUT2D eigenvalue weighted by Crippen LogP contribution is -2.04. The molecule has 116 valence electrons. The molecule has 2 aromatic rings. The lowest BCUT2D eigenvalue weighted by Gasteiger charge is -2.07. The van der Waals surface area contributed by atoms with Gasteiger partial charge in [-0.2, -0.15) is 0 Å². The fraction of sp³-hybridized carbons (Fsp3) is 0.111. The van der Waals surface area contributed by atoms with E-state index in [1.165, 1.54) is 0 Å². The molecular weight excluding hydrogens is 294 g/mol. The van der Waals surface area contributed by atoms with Crippen molar-refractivity contribution in [3.05, 3.63) is 65.4 Å². The summed E-state index contributed by atoms with van der Waals surface area (Å²) in [6.45, 7) is 0. The molecule has 0 aromatic heterocycles. The van der Waals surface area contributed by atoms with Crippen LogP contribution in [0, 0.1) is 0 Å². The minimum absolute atomic E-state index is 0.246. The van der Waals surface area contributed by atoms with E-state index in [2.05, 4.69) is 4.99 Å². The molecule has 0 spiro atoms. The van der Waals surface area contributed by atoms with E-state index >= 15 is 0 Å². The second kappa shape index (κ2) is 6.36. The molecule has 0 N–H and O–H groups in total. The fourth-order valence-corrected chi connectivity index (χ4v) is 2.21. The number of ether oxygens (including phenoxy) is 3. The maximum absolute atomic E-state index is 12.0. The first kappa shape index (κ1) is 14.8. The van der Waals surface area contributed by atoms with E-state index in [1.54, 1.807) is 32.4 Å². The normalized spacial score (nSPS) is 15.3. The van der Waals surface area contributed by atoms with Crippen molar-refractivity contribution in [1.29, 1.82) is 0 Å². The molecule has 1 aliphatic rings. The Balaban J connectivity index is 1.93. The van der Waals surface area contributed by atoms with E-state index in [4.69, 9.17) is 14.2 Å². The Morgan fingerprint density at radius 1 is 1.00 bits per heavy atom. The van der Waals surface area contributed by atoms with Gasteiger partial charge in [0.15, 0.2) is 17.2 Å². The van der Waals surface area contributed by atoms with Crippen LogP contribution in [0.1, 0.15) is 11.1 Å². The number of carbonyl (C=O) groups is 1. The van der Waals surface area contributed by atoms with Gasteiger partial charge in [0.2, 0.25) is 5.90 Å². The maximum atomic E-state index is 12.0. The average Bonchev–Trinajstić information content (AvgIpc) is 2.96. The number of rotatable bonds is 4. The highest BCUT2D eigenvalue weighted by Gasteiger charge is 2.24. The minimum atomic E-state index is -0.473. The van der Waals surface area contributed by atoms with Crippen LogP contribution in [0.3, 0.4) is 0 Å². The number of hydrogen-bond donors (Lipinski definition) is 0. The molecule has 0 unspecified atom stereocenters. The van der Waals surface area contributed by atoms with Gasteiger partial charge in [0.25, 0.3) is 0 Å². The van der Waals surface area contributed by atoms with E-state index in [1.807, 2.05) is 36.4 Å². The third kappa shape index (κ3) is 3.08. The van der Waals surface area contributed by atoms with Crippen molar-refractivity contribution < 1.29 is 19.0 Å². The number of benzene rings is 2. The van der Waals surface area contributed by atoms with Crippen LogP contribution in [0.15, 0.2) is 59.2 Å². The SMILES string of the molecule is COc1ccc(/C=C2/N=C(c3ccccc3)OC2=O)cc1OC. The zero-order valence-electron chi connectivity index (χ0n) is 12.8. The first-order chi connectivity index (χ1) is 11.2. The number of carbonyl (C=O) groups excluding carboxylic acids is 1. The lowest BCUT2D eigenvalue weighted by atomic mass is 10.1. The van der Waals surface area contributed by atoms with Crippen LogP contribution in [-0.2, 0) is 9.53 Å². The molecule has 0 amide bonds. The van der Waals surface area contributed by atoms with E-state index in [9.17, 15) is 4.79 Å². The predicted octanol–water partition coefficient (Wildman–Crippen LogP) is 3.05. The van der Waals surface area contributed by atoms with Crippen LogP contribution in [0.25, 0.3) is 6.08 Å². The van der Waals surface area contributed by atoms with E-state index < -0.39 is 5.97 Å². The van der Waals surface area contributed by atoms with Crippen molar-refractivity contribution in [3.8, 4) is 11.5 Å². The zero-order valence-corrected chi connectivity index (χ0v) is 12.8. The molecule has 5 nitrogen and oxygen atoms in total. The summed E-state index contributed by atoms with van der Waals surface area (Å²) in [4.78, 5) is 16.2. The molecule has 0 radical (unpaired) electrons. The molecular formula is C18H15NO4. The number of cyclic esters (lactones) is 1. The number of aliphatic imine (C=N–C) groups is 1. The molecule has 0 bridgehead atoms. The third-order valence-electron chi connectivity index (χ3n) is 3.35. The summed E-state index contributed by atoms with van der Waals surface area (Å²) in [6, 6.07) is 14.7. The van der Waals surface area contributed by atoms with Crippen molar-refractivity contribution in [2.75, 3.05) is 14.2 Å². The van der Waals surface area contributed by atoms with Crippen LogP contribution in [0.4, 0.5) is 0 Å². The van der Waals surface area contributed by atoms with Gasteiger partial charge in [-0.15, -0.1) is 0 Å². The Morgan fingerprint density at radius 3 is 2.43 bits per heavy atom. The van der Waals surface area contributed by atoms with Gasteiger partial charge in [-0.25, -0.2) is 9.79 Å². The number of hydrogen-bond acceptors (Lipinski definition) is 5. The van der Waals surface area contributed by atoms with E-state index in [-0.39, 0.29) is 5.70 Å². The summed E-state index contributed by atoms with van der Waals surface area (Å²) in [5.41, 5.74) is 1.78. The van der Waals surface area contributed by atoms with Crippen molar-refractivity contribution in [1.82, 2.24) is 0 Å². The molecule has 2 aromatic carbocycles. The van der Waals surface area contributed by atoms with Gasteiger partial charge in [-0.3, -0.25) is 0 Å². The largest absolute Gasteiger partial charge is 0.493 e. The Kier molecular flexibility index (Phi) is 4.10. The zero-order chi connectivity index (χ0) is 16.2. The fourth-order valence-electron chi connectivity index (χ4n) is 2.21. The molecule has 23 heavy (non-hydrogen) atoms. The Labute approximate surface area is 133 Å². The Hall–Kier alpha value is -3.08. The number of esters is 1. The average molecular weight is 309 g/mol. The summed E-state index contributed by atoms with van der Waals surface area (Å²) in [6.07, 6.45) is 1.65. The molecule has 0 saturated carbocycles. The summed E-state index contributed by atoms with van der Waals surface area (Å²) >= 11 is 0. The molecule has 0 aliphatic carbocycles. The highest BCUT2D eigenvalue weighted by molar-refractivity contribution is 6.12. The quantitative estimate of drug-likeness (QED) is 0.643. The lowest BCUT2D eigenvalue weighted by molar-refractivity contribution is -0.129. The van der Waals surface area contributed by atoms with Crippen molar-refractivity contribution in [3.63, 3.8) is 0 Å². The van der Waals surface area contributed by atoms with E-state index in [0.717, 1.165) is 11.1 Å². The van der Waals surface area contributed by atoms with Gasteiger partial charge in [0, 0.05) is 5.56 Å². The highest BCUT2D eigenvalue weighted by Crippen LogP contribution is 2.29. The maximum Gasteiger partial charge on any atom is 0.363 e. The van der Waals surface area contributed by atoms with Crippen LogP contribution in [0.2, 0.25) is 0 Å². The van der Waals surface area contributed by atoms with Crippen molar-refractivity contribution in [2.24, 2.45) is 4.99 Å². The first-order valence-corrected chi connectivity index (χ1v) is 7.01. The Morgan fingerprint density at radius 2 is 1.74 bits per heavy atom. The first-order valence-electron chi connectivity index (χ1n) is 7.01. The Bertz CT molecular complexity index is 794. The molecule has 0 fully saturated rings. The van der Waals surface area contributed by atoms with Crippen LogP contribution < -0.4 is 9.47 Å². The van der Waals surface area contributed by atoms with Crippen molar-refractivity contribution in [2.45, 2.75) is 0 Å². The van der Waals surface area contributed by atoms with Crippen molar-refractivity contribution >= 4 is 17.9 Å². The second-order valence-corrected chi connectivity index (χ2v) is 4.82. The number of nitrogens with zero attached hydrogens (tertiary/aromatic N) is 1. The summed E-state index contributed by atoms with van der Waals surface area (Å²) in [7, 11) is 3.13.